The van der Waals surface area contributed by atoms with Crippen molar-refractivity contribution in [2.45, 2.75) is 29.2 Å². The Morgan fingerprint density at radius 3 is 2.53 bits per heavy atom. The molecule has 0 aliphatic heterocycles. The van der Waals surface area contributed by atoms with Crippen molar-refractivity contribution in [2.24, 2.45) is 0 Å². The molecule has 108 valence electrons. The number of rotatable bonds is 6. The van der Waals surface area contributed by atoms with Crippen molar-refractivity contribution >= 4 is 41.7 Å². The van der Waals surface area contributed by atoms with E-state index in [0.717, 1.165) is 0 Å². The van der Waals surface area contributed by atoms with Gasteiger partial charge in [-0.05, 0) is 18.6 Å². The van der Waals surface area contributed by atoms with E-state index < -0.39 is 27.5 Å². The maximum Gasteiger partial charge on any atom is 0.178 e. The molecule has 0 heterocycles. The summed E-state index contributed by atoms with van der Waals surface area (Å²) in [5, 5.41) is 0. The van der Waals surface area contributed by atoms with Gasteiger partial charge in [0.05, 0.1) is 22.2 Å². The predicted molar refractivity (Wildman–Crippen MR) is 79.0 cm³/mol. The van der Waals surface area contributed by atoms with Crippen LogP contribution in [-0.4, -0.2) is 25.7 Å². The molecule has 1 aromatic rings. The Hall–Kier alpha value is -0.0100. The first-order chi connectivity index (χ1) is 8.83. The number of hydrogen-bond donors (Lipinski definition) is 0. The summed E-state index contributed by atoms with van der Waals surface area (Å²) in [5.41, 5.74) is 0.0698. The molecule has 19 heavy (non-hydrogen) atoms. The zero-order valence-electron chi connectivity index (χ0n) is 10.2. The molecular formula is C12H14Br2F2O2S. The monoisotopic (exact) mass is 418 g/mol. The third kappa shape index (κ3) is 4.23. The second-order valence-corrected chi connectivity index (χ2v) is 8.32. The van der Waals surface area contributed by atoms with Gasteiger partial charge in [0.2, 0.25) is 0 Å². The van der Waals surface area contributed by atoms with E-state index in [4.69, 9.17) is 0 Å². The quantitative estimate of drug-likeness (QED) is 0.641. The molecule has 0 aliphatic rings. The summed E-state index contributed by atoms with van der Waals surface area (Å²) in [4.78, 5) is -0.787. The zero-order chi connectivity index (χ0) is 14.6. The smallest absolute Gasteiger partial charge is 0.178 e. The molecule has 0 saturated carbocycles. The number of sulfone groups is 1. The number of alkyl halides is 3. The fraction of sp³-hybridized carbons (Fsp3) is 0.500. The lowest BCUT2D eigenvalue weighted by Gasteiger charge is -2.17. The van der Waals surface area contributed by atoms with Gasteiger partial charge in [0.15, 0.2) is 9.84 Å². The molecule has 0 spiro atoms. The van der Waals surface area contributed by atoms with Gasteiger partial charge in [-0.25, -0.2) is 12.8 Å². The summed E-state index contributed by atoms with van der Waals surface area (Å²) in [6, 6.07) is 4.38. The molecule has 0 aliphatic carbocycles. The molecule has 2 atom stereocenters. The highest BCUT2D eigenvalue weighted by Crippen LogP contribution is 2.35. The van der Waals surface area contributed by atoms with Gasteiger partial charge in [0, 0.05) is 10.0 Å². The van der Waals surface area contributed by atoms with Crippen molar-refractivity contribution in [3.63, 3.8) is 0 Å². The van der Waals surface area contributed by atoms with Gasteiger partial charge in [-0.2, -0.15) is 0 Å². The van der Waals surface area contributed by atoms with Crippen LogP contribution in [0.4, 0.5) is 8.78 Å². The number of hydrogen-bond acceptors (Lipinski definition) is 2. The second kappa shape index (κ2) is 7.13. The van der Waals surface area contributed by atoms with E-state index in [1.807, 2.05) is 0 Å². The first-order valence-electron chi connectivity index (χ1n) is 5.69. The fourth-order valence-electron chi connectivity index (χ4n) is 1.61. The lowest BCUT2D eigenvalue weighted by atomic mass is 10.1. The fourth-order valence-corrected chi connectivity index (χ4v) is 3.73. The van der Waals surface area contributed by atoms with Gasteiger partial charge in [0.1, 0.15) is 6.17 Å². The van der Waals surface area contributed by atoms with Gasteiger partial charge < -0.3 is 0 Å². The minimum Gasteiger partial charge on any atom is -0.251 e. The van der Waals surface area contributed by atoms with Crippen molar-refractivity contribution in [3.05, 3.63) is 28.2 Å². The Kier molecular flexibility index (Phi) is 6.39. The number of halogens is 4. The van der Waals surface area contributed by atoms with Gasteiger partial charge in [-0.3, -0.25) is 4.39 Å². The standard InChI is InChI=1S/C12H14Br2F2O2S/c1-2-19(17,18)11-7-8(13)3-4-9(11)12(16)10(14)5-6-15/h3-4,7,10,12H,2,5-6H2,1H3. The Balaban J connectivity index is 3.28. The van der Waals surface area contributed by atoms with Crippen molar-refractivity contribution in [3.8, 4) is 0 Å². The predicted octanol–water partition coefficient (Wildman–Crippen LogP) is 4.38. The summed E-state index contributed by atoms with van der Waals surface area (Å²) in [6.07, 6.45) is -1.58. The molecule has 2 unspecified atom stereocenters. The highest BCUT2D eigenvalue weighted by Gasteiger charge is 2.27. The van der Waals surface area contributed by atoms with E-state index in [1.165, 1.54) is 19.1 Å². The van der Waals surface area contributed by atoms with Gasteiger partial charge in [-0.1, -0.05) is 44.8 Å². The van der Waals surface area contributed by atoms with Crippen LogP contribution in [0.5, 0.6) is 0 Å². The lowest BCUT2D eigenvalue weighted by molar-refractivity contribution is 0.310. The molecule has 0 saturated heterocycles. The van der Waals surface area contributed by atoms with Crippen LogP contribution in [0.3, 0.4) is 0 Å². The van der Waals surface area contributed by atoms with Crippen molar-refractivity contribution < 1.29 is 17.2 Å². The van der Waals surface area contributed by atoms with Gasteiger partial charge in [0.25, 0.3) is 0 Å². The van der Waals surface area contributed by atoms with E-state index in [9.17, 15) is 17.2 Å². The van der Waals surface area contributed by atoms with E-state index in [0.29, 0.717) is 4.47 Å². The average molecular weight is 420 g/mol. The number of benzene rings is 1. The van der Waals surface area contributed by atoms with Crippen LogP contribution in [0.2, 0.25) is 0 Å². The van der Waals surface area contributed by atoms with E-state index in [1.54, 1.807) is 6.07 Å². The van der Waals surface area contributed by atoms with Crippen LogP contribution >= 0.6 is 31.9 Å². The van der Waals surface area contributed by atoms with Crippen molar-refractivity contribution in [1.82, 2.24) is 0 Å². The summed E-state index contributed by atoms with van der Waals surface area (Å²) < 4.78 is 51.1. The molecule has 0 fully saturated rings. The SMILES string of the molecule is CCS(=O)(=O)c1cc(Br)ccc1C(F)C(Br)CCF. The average Bonchev–Trinajstić information content (AvgIpc) is 2.38. The molecule has 1 rings (SSSR count). The lowest BCUT2D eigenvalue weighted by Crippen LogP contribution is -2.14. The Bertz CT molecular complexity index is 535. The van der Waals surface area contributed by atoms with E-state index in [2.05, 4.69) is 31.9 Å². The summed E-state index contributed by atoms with van der Waals surface area (Å²) in [5.74, 6) is -0.112. The normalized spacial score (nSPS) is 15.2. The molecular weight excluding hydrogens is 406 g/mol. The highest BCUT2D eigenvalue weighted by molar-refractivity contribution is 9.10. The van der Waals surface area contributed by atoms with Crippen molar-refractivity contribution in [1.29, 1.82) is 0 Å². The van der Waals surface area contributed by atoms with Crippen LogP contribution in [0.25, 0.3) is 0 Å². The van der Waals surface area contributed by atoms with E-state index >= 15 is 0 Å². The second-order valence-electron chi connectivity index (χ2n) is 3.98. The Labute approximate surface area is 128 Å². The molecule has 0 amide bonds. The van der Waals surface area contributed by atoms with Crippen LogP contribution < -0.4 is 0 Å². The minimum atomic E-state index is -3.53. The largest absolute Gasteiger partial charge is 0.251 e. The highest BCUT2D eigenvalue weighted by atomic mass is 79.9. The molecule has 0 N–H and O–H groups in total. The molecule has 0 bridgehead atoms. The van der Waals surface area contributed by atoms with Gasteiger partial charge >= 0.3 is 0 Å². The van der Waals surface area contributed by atoms with Gasteiger partial charge in [-0.15, -0.1) is 0 Å². The summed E-state index contributed by atoms with van der Waals surface area (Å²) >= 11 is 6.24. The van der Waals surface area contributed by atoms with Crippen molar-refractivity contribution in [2.75, 3.05) is 12.4 Å². The summed E-state index contributed by atoms with van der Waals surface area (Å²) in [6.45, 7) is 0.836. The zero-order valence-corrected chi connectivity index (χ0v) is 14.2. The molecule has 1 aromatic carbocycles. The maximum absolute atomic E-state index is 14.3. The maximum atomic E-state index is 14.3. The van der Waals surface area contributed by atoms with Crippen LogP contribution in [0, 0.1) is 0 Å². The Morgan fingerprint density at radius 2 is 2.00 bits per heavy atom. The first-order valence-corrected chi connectivity index (χ1v) is 9.06. The summed E-state index contributed by atoms with van der Waals surface area (Å²) in [7, 11) is -3.53. The molecule has 2 nitrogen and oxygen atoms in total. The molecule has 0 radical (unpaired) electrons. The van der Waals surface area contributed by atoms with Crippen LogP contribution in [-0.2, 0) is 9.84 Å². The third-order valence-corrected chi connectivity index (χ3v) is 5.89. The third-order valence-electron chi connectivity index (χ3n) is 2.69. The van der Waals surface area contributed by atoms with E-state index in [-0.39, 0.29) is 22.6 Å². The first kappa shape index (κ1) is 17.0. The Morgan fingerprint density at radius 1 is 1.37 bits per heavy atom. The van der Waals surface area contributed by atoms with Crippen LogP contribution in [0.1, 0.15) is 25.1 Å². The molecule has 0 aromatic heterocycles. The van der Waals surface area contributed by atoms with Crippen LogP contribution in [0.15, 0.2) is 27.6 Å². The molecule has 7 heteroatoms. The minimum absolute atomic E-state index is 0.0111. The topological polar surface area (TPSA) is 34.1 Å².